The first kappa shape index (κ1) is 10.7. The lowest BCUT2D eigenvalue weighted by Crippen LogP contribution is -1.85. The summed E-state index contributed by atoms with van der Waals surface area (Å²) in [5.41, 5.74) is 1.32. The number of aliphatic hydroxyl groups is 1. The maximum absolute atomic E-state index is 8.01. The van der Waals surface area contributed by atoms with Crippen LogP contribution in [-0.2, 0) is 0 Å². The third-order valence-electron chi connectivity index (χ3n) is 1.13. The summed E-state index contributed by atoms with van der Waals surface area (Å²) in [5, 5.41) is 8.01. The summed E-state index contributed by atoms with van der Waals surface area (Å²) in [6.45, 7) is 9.54. The molecule has 0 saturated heterocycles. The molecule has 1 aromatic rings. The summed E-state index contributed by atoms with van der Waals surface area (Å²) in [5.74, 6) is 0. The second kappa shape index (κ2) is 6.38. The summed E-state index contributed by atoms with van der Waals surface area (Å²) in [4.78, 5) is 2.69. The highest BCUT2D eigenvalue weighted by Crippen LogP contribution is 1.92. The number of aliphatic hydroxyl groups excluding tert-OH is 1. The molecule has 0 aromatic heterocycles. The van der Waals surface area contributed by atoms with Crippen LogP contribution >= 0.6 is 0 Å². The van der Waals surface area contributed by atoms with Crippen LogP contribution < -0.4 is 0 Å². The normalized spacial score (nSPS) is 10.5. The molecule has 0 bridgehead atoms. The molecule has 1 N–H and O–H groups in total. The minimum Gasteiger partial charge on any atom is -0.326 e. The second-order valence-corrected chi connectivity index (χ2v) is 2.42. The van der Waals surface area contributed by atoms with Crippen LogP contribution in [-0.4, -0.2) is 11.3 Å². The van der Waals surface area contributed by atoms with E-state index in [1.165, 1.54) is 12.5 Å². The Kier molecular flexibility index (Phi) is 5.68. The Balaban J connectivity index is 0.000000217. The van der Waals surface area contributed by atoms with Crippen molar-refractivity contribution in [1.82, 2.24) is 0 Å². The van der Waals surface area contributed by atoms with Crippen LogP contribution in [0, 0.1) is 13.5 Å². The van der Waals surface area contributed by atoms with E-state index >= 15 is 0 Å². The quantitative estimate of drug-likeness (QED) is 0.583. The van der Waals surface area contributed by atoms with Crippen LogP contribution in [0.3, 0.4) is 0 Å². The lowest BCUT2D eigenvalue weighted by Gasteiger charge is -1.82. The molecule has 2 nitrogen and oxygen atoms in total. The maximum Gasteiger partial charge on any atom is 0.322 e. The van der Waals surface area contributed by atoms with Crippen molar-refractivity contribution in [3.63, 3.8) is 0 Å². The molecule has 1 rings (SSSR count). The van der Waals surface area contributed by atoms with E-state index in [9.17, 15) is 0 Å². The van der Waals surface area contributed by atoms with Crippen LogP contribution in [0.2, 0.25) is 0 Å². The van der Waals surface area contributed by atoms with Crippen molar-refractivity contribution >= 4 is 0 Å². The van der Waals surface area contributed by atoms with Gasteiger partial charge in [-0.25, -0.2) is 6.57 Å². The molecule has 0 aliphatic rings. The summed E-state index contributed by atoms with van der Waals surface area (Å²) < 4.78 is 0. The van der Waals surface area contributed by atoms with Gasteiger partial charge >= 0.3 is 6.23 Å². The van der Waals surface area contributed by atoms with Crippen LogP contribution in [0.5, 0.6) is 0 Å². The Hall–Kier alpha value is -1.33. The molecule has 12 heavy (non-hydrogen) atoms. The fourth-order valence-corrected chi connectivity index (χ4v) is 0.534. The van der Waals surface area contributed by atoms with E-state index < -0.39 is 6.23 Å². The Morgan fingerprint density at radius 3 is 1.92 bits per heavy atom. The Bertz CT molecular complexity index is 236. The van der Waals surface area contributed by atoms with E-state index in [4.69, 9.17) is 11.7 Å². The average Bonchev–Trinajstić information content (AvgIpc) is 2.07. The van der Waals surface area contributed by atoms with E-state index in [0.29, 0.717) is 0 Å². The van der Waals surface area contributed by atoms with Crippen molar-refractivity contribution in [2.24, 2.45) is 0 Å². The summed E-state index contributed by atoms with van der Waals surface area (Å²) >= 11 is 0. The lowest BCUT2D eigenvalue weighted by molar-refractivity contribution is 0.242. The third kappa shape index (κ3) is 6.79. The van der Waals surface area contributed by atoms with Crippen LogP contribution in [0.4, 0.5) is 0 Å². The number of benzene rings is 1. The molecule has 0 spiro atoms. The van der Waals surface area contributed by atoms with Crippen molar-refractivity contribution in [1.29, 1.82) is 0 Å². The van der Waals surface area contributed by atoms with Crippen molar-refractivity contribution in [3.05, 3.63) is 47.3 Å². The predicted molar refractivity (Wildman–Crippen MR) is 49.5 cm³/mol. The molecule has 0 aliphatic heterocycles. The van der Waals surface area contributed by atoms with Gasteiger partial charge in [-0.15, -0.1) is 0 Å². The largest absolute Gasteiger partial charge is 0.326 e. The Morgan fingerprint density at radius 1 is 1.33 bits per heavy atom. The van der Waals surface area contributed by atoms with Gasteiger partial charge in [0.15, 0.2) is 0 Å². The number of hydrogen-bond donors (Lipinski definition) is 1. The molecule has 0 saturated carbocycles. The van der Waals surface area contributed by atoms with E-state index in [1.807, 2.05) is 18.2 Å². The zero-order valence-electron chi connectivity index (χ0n) is 7.36. The third-order valence-corrected chi connectivity index (χ3v) is 1.13. The summed E-state index contributed by atoms with van der Waals surface area (Å²) in [6, 6.07) is 10.3. The molecular formula is C10H13NO. The Morgan fingerprint density at radius 2 is 1.75 bits per heavy atom. The first-order valence-corrected chi connectivity index (χ1v) is 3.73. The van der Waals surface area contributed by atoms with Gasteiger partial charge in [0.2, 0.25) is 0 Å². The van der Waals surface area contributed by atoms with Gasteiger partial charge in [0.05, 0.1) is 0 Å². The number of nitrogens with zero attached hydrogens (tertiary/aromatic N) is 1. The monoisotopic (exact) mass is 163 g/mol. The van der Waals surface area contributed by atoms with Gasteiger partial charge < -0.3 is 5.11 Å². The van der Waals surface area contributed by atoms with Gasteiger partial charge in [0.1, 0.15) is 0 Å². The molecule has 0 heterocycles. The standard InChI is InChI=1S/C7H8.C3H5NO/c1-7-5-3-2-4-6-7;1-3(5)4-2/h2-6H,1H3;3,5H,1H3. The van der Waals surface area contributed by atoms with Gasteiger partial charge in [-0.2, -0.15) is 0 Å². The first-order valence-electron chi connectivity index (χ1n) is 3.73. The minimum absolute atomic E-state index is 0.824. The highest BCUT2D eigenvalue weighted by Gasteiger charge is 1.85. The lowest BCUT2D eigenvalue weighted by atomic mass is 10.2. The topological polar surface area (TPSA) is 24.6 Å². The molecule has 2 heteroatoms. The summed E-state index contributed by atoms with van der Waals surface area (Å²) in [7, 11) is 0. The molecule has 64 valence electrons. The summed E-state index contributed by atoms with van der Waals surface area (Å²) in [6.07, 6.45) is -0.824. The fraction of sp³-hybridized carbons (Fsp3) is 0.300. The van der Waals surface area contributed by atoms with E-state index in [0.717, 1.165) is 0 Å². The first-order chi connectivity index (χ1) is 5.66. The van der Waals surface area contributed by atoms with Crippen LogP contribution in [0.25, 0.3) is 4.85 Å². The zero-order valence-corrected chi connectivity index (χ0v) is 7.36. The molecule has 1 unspecified atom stereocenters. The van der Waals surface area contributed by atoms with Gasteiger partial charge in [0, 0.05) is 6.92 Å². The number of aryl methyl sites for hydroxylation is 1. The van der Waals surface area contributed by atoms with Gasteiger partial charge in [-0.05, 0) is 6.92 Å². The molecule has 0 fully saturated rings. The minimum atomic E-state index is -0.824. The predicted octanol–water partition coefficient (Wildman–Crippen LogP) is 2.24. The SMILES string of the molecule is Cc1ccccc1.[C-]#[N+]C(C)O. The van der Waals surface area contributed by atoms with Crippen molar-refractivity contribution < 1.29 is 5.11 Å². The van der Waals surface area contributed by atoms with Crippen molar-refractivity contribution in [2.45, 2.75) is 20.1 Å². The molecule has 1 aromatic carbocycles. The highest BCUT2D eigenvalue weighted by molar-refractivity contribution is 5.11. The van der Waals surface area contributed by atoms with Gasteiger partial charge in [-0.1, -0.05) is 35.9 Å². The average molecular weight is 163 g/mol. The Labute approximate surface area is 73.3 Å². The van der Waals surface area contributed by atoms with Crippen LogP contribution in [0.15, 0.2) is 30.3 Å². The molecular weight excluding hydrogens is 150 g/mol. The van der Waals surface area contributed by atoms with Crippen molar-refractivity contribution in [2.75, 3.05) is 0 Å². The maximum atomic E-state index is 8.01. The van der Waals surface area contributed by atoms with E-state index in [1.54, 1.807) is 0 Å². The molecule has 0 amide bonds. The van der Waals surface area contributed by atoms with Crippen molar-refractivity contribution in [3.8, 4) is 0 Å². The molecule has 0 radical (unpaired) electrons. The molecule has 0 aliphatic carbocycles. The molecule has 1 atom stereocenters. The fourth-order valence-electron chi connectivity index (χ4n) is 0.534. The van der Waals surface area contributed by atoms with Gasteiger partial charge in [0.25, 0.3) is 0 Å². The number of hydrogen-bond acceptors (Lipinski definition) is 1. The smallest absolute Gasteiger partial charge is 0.322 e. The zero-order chi connectivity index (χ0) is 9.40. The highest BCUT2D eigenvalue weighted by atomic mass is 16.3. The van der Waals surface area contributed by atoms with E-state index in [-0.39, 0.29) is 0 Å². The van der Waals surface area contributed by atoms with Crippen LogP contribution in [0.1, 0.15) is 12.5 Å². The van der Waals surface area contributed by atoms with E-state index in [2.05, 4.69) is 23.9 Å². The number of rotatable bonds is 0. The van der Waals surface area contributed by atoms with Gasteiger partial charge in [-0.3, -0.25) is 4.85 Å². The second-order valence-electron chi connectivity index (χ2n) is 2.42.